The second-order valence-corrected chi connectivity index (χ2v) is 5.96. The van der Waals surface area contributed by atoms with E-state index in [9.17, 15) is 4.79 Å². The third-order valence-electron chi connectivity index (χ3n) is 3.37. The van der Waals surface area contributed by atoms with E-state index in [2.05, 4.69) is 21.7 Å². The van der Waals surface area contributed by atoms with E-state index in [1.54, 1.807) is 11.3 Å². The smallest absolute Gasteiger partial charge is 0.221 e. The number of hydrogen-bond acceptors (Lipinski definition) is 4. The first kappa shape index (κ1) is 12.6. The molecule has 0 spiro atoms. The van der Waals surface area contributed by atoms with Gasteiger partial charge in [-0.3, -0.25) is 4.79 Å². The number of aromatic nitrogens is 1. The number of hydrogen-bond donors (Lipinski definition) is 2. The molecule has 0 bridgehead atoms. The fourth-order valence-corrected chi connectivity index (χ4v) is 3.30. The monoisotopic (exact) mass is 275 g/mol. The number of rotatable bonds is 4. The molecule has 1 unspecified atom stereocenters. The zero-order valence-corrected chi connectivity index (χ0v) is 11.5. The van der Waals surface area contributed by atoms with Gasteiger partial charge in [0.2, 0.25) is 5.91 Å². The zero-order chi connectivity index (χ0) is 13.1. The molecule has 1 aromatic carbocycles. The highest BCUT2D eigenvalue weighted by molar-refractivity contribution is 7.18. The lowest BCUT2D eigenvalue weighted by Gasteiger charge is -2.09. The number of carbonyl (C=O) groups excluding carboxylic acids is 1. The highest BCUT2D eigenvalue weighted by Crippen LogP contribution is 2.21. The lowest BCUT2D eigenvalue weighted by molar-refractivity contribution is -0.121. The van der Waals surface area contributed by atoms with Gasteiger partial charge in [-0.25, -0.2) is 4.98 Å². The summed E-state index contributed by atoms with van der Waals surface area (Å²) in [5.74, 6) is 0.110. The maximum atomic E-state index is 11.8. The van der Waals surface area contributed by atoms with Gasteiger partial charge < -0.3 is 10.6 Å². The number of thiazole rings is 1. The predicted molar refractivity (Wildman–Crippen MR) is 77.1 cm³/mol. The maximum Gasteiger partial charge on any atom is 0.221 e. The molecule has 4 nitrogen and oxygen atoms in total. The van der Waals surface area contributed by atoms with Gasteiger partial charge in [0.05, 0.1) is 16.8 Å². The third-order valence-corrected chi connectivity index (χ3v) is 4.41. The Bertz CT molecular complexity index is 542. The summed E-state index contributed by atoms with van der Waals surface area (Å²) in [5.41, 5.74) is 1.01. The van der Waals surface area contributed by atoms with Crippen LogP contribution in [0, 0.1) is 0 Å². The summed E-state index contributed by atoms with van der Waals surface area (Å²) >= 11 is 1.64. The van der Waals surface area contributed by atoms with Gasteiger partial charge in [-0.05, 0) is 31.5 Å². The van der Waals surface area contributed by atoms with Gasteiger partial charge in [0.25, 0.3) is 0 Å². The van der Waals surface area contributed by atoms with E-state index in [1.165, 1.54) is 11.1 Å². The first-order chi connectivity index (χ1) is 9.31. The van der Waals surface area contributed by atoms with Crippen LogP contribution >= 0.6 is 11.3 Å². The van der Waals surface area contributed by atoms with Crippen LogP contribution in [0.1, 0.15) is 24.3 Å². The molecule has 5 heteroatoms. The van der Waals surface area contributed by atoms with Crippen LogP contribution in [0.2, 0.25) is 0 Å². The molecule has 1 aromatic heterocycles. The van der Waals surface area contributed by atoms with Gasteiger partial charge in [0, 0.05) is 12.5 Å². The number of para-hydroxylation sites is 1. The Morgan fingerprint density at radius 3 is 3.16 bits per heavy atom. The average Bonchev–Trinajstić information content (AvgIpc) is 3.04. The van der Waals surface area contributed by atoms with E-state index in [-0.39, 0.29) is 5.91 Å². The minimum atomic E-state index is 0.110. The van der Waals surface area contributed by atoms with Crippen LogP contribution in [0.5, 0.6) is 0 Å². The van der Waals surface area contributed by atoms with E-state index in [4.69, 9.17) is 0 Å². The van der Waals surface area contributed by atoms with Gasteiger partial charge >= 0.3 is 0 Å². The molecule has 0 saturated carbocycles. The number of carbonyl (C=O) groups is 1. The first-order valence-corrected chi connectivity index (χ1v) is 7.47. The molecule has 100 valence electrons. The van der Waals surface area contributed by atoms with Crippen LogP contribution in [0.15, 0.2) is 24.3 Å². The molecule has 1 aliphatic rings. The fraction of sp³-hybridized carbons (Fsp3) is 0.429. The summed E-state index contributed by atoms with van der Waals surface area (Å²) in [7, 11) is 0. The van der Waals surface area contributed by atoms with Crippen molar-refractivity contribution in [1.82, 2.24) is 15.6 Å². The normalized spacial score (nSPS) is 18.8. The lowest BCUT2D eigenvalue weighted by Crippen LogP contribution is -2.31. The summed E-state index contributed by atoms with van der Waals surface area (Å²) in [6.45, 7) is 1.57. The second-order valence-electron chi connectivity index (χ2n) is 4.85. The minimum absolute atomic E-state index is 0.110. The number of nitrogens with one attached hydrogen (secondary N) is 2. The highest BCUT2D eigenvalue weighted by Gasteiger charge is 2.17. The van der Waals surface area contributed by atoms with Gasteiger partial charge in [0.15, 0.2) is 0 Å². The van der Waals surface area contributed by atoms with Crippen molar-refractivity contribution in [3.63, 3.8) is 0 Å². The van der Waals surface area contributed by atoms with Crippen molar-refractivity contribution in [3.05, 3.63) is 29.3 Å². The predicted octanol–water partition coefficient (Wildman–Crippen LogP) is 2.05. The Morgan fingerprint density at radius 2 is 2.37 bits per heavy atom. The quantitative estimate of drug-likeness (QED) is 0.898. The van der Waals surface area contributed by atoms with Crippen molar-refractivity contribution in [3.8, 4) is 0 Å². The molecular weight excluding hydrogens is 258 g/mol. The Morgan fingerprint density at radius 1 is 1.47 bits per heavy atom. The van der Waals surface area contributed by atoms with E-state index in [0.717, 1.165) is 23.5 Å². The number of fused-ring (bicyclic) bond motifs is 1. The Hall–Kier alpha value is -1.46. The SMILES string of the molecule is O=C(CC1CCCN1)NCc1nc2ccccc2s1. The largest absolute Gasteiger partial charge is 0.350 e. The molecule has 1 atom stereocenters. The van der Waals surface area contributed by atoms with Gasteiger partial charge in [-0.15, -0.1) is 11.3 Å². The molecular formula is C14H17N3OS. The highest BCUT2D eigenvalue weighted by atomic mass is 32.1. The van der Waals surface area contributed by atoms with Crippen LogP contribution < -0.4 is 10.6 Å². The number of amides is 1. The second kappa shape index (κ2) is 5.67. The van der Waals surface area contributed by atoms with Crippen molar-refractivity contribution in [2.75, 3.05) is 6.54 Å². The summed E-state index contributed by atoms with van der Waals surface area (Å²) < 4.78 is 1.17. The van der Waals surface area contributed by atoms with Crippen LogP contribution in [0.4, 0.5) is 0 Å². The van der Waals surface area contributed by atoms with Gasteiger partial charge in [0.1, 0.15) is 5.01 Å². The van der Waals surface area contributed by atoms with Crippen molar-refractivity contribution in [1.29, 1.82) is 0 Å². The molecule has 1 amide bonds. The standard InChI is InChI=1S/C14H17N3OS/c18-13(8-10-4-3-7-15-10)16-9-14-17-11-5-1-2-6-12(11)19-14/h1-2,5-6,10,15H,3-4,7-9H2,(H,16,18). The third kappa shape index (κ3) is 3.11. The molecule has 1 fully saturated rings. The minimum Gasteiger partial charge on any atom is -0.350 e. The summed E-state index contributed by atoms with van der Waals surface area (Å²) in [5, 5.41) is 7.26. The van der Waals surface area contributed by atoms with Crippen molar-refractivity contribution in [2.45, 2.75) is 31.8 Å². The van der Waals surface area contributed by atoms with Crippen LogP contribution in [0.3, 0.4) is 0 Å². The number of nitrogens with zero attached hydrogens (tertiary/aromatic N) is 1. The molecule has 1 saturated heterocycles. The molecule has 1 aliphatic heterocycles. The maximum absolute atomic E-state index is 11.8. The molecule has 2 heterocycles. The Kier molecular flexibility index (Phi) is 3.75. The van der Waals surface area contributed by atoms with Crippen LogP contribution in [-0.4, -0.2) is 23.5 Å². The van der Waals surface area contributed by atoms with E-state index >= 15 is 0 Å². The van der Waals surface area contributed by atoms with Crippen LogP contribution in [-0.2, 0) is 11.3 Å². The fourth-order valence-electron chi connectivity index (χ4n) is 2.40. The van der Waals surface area contributed by atoms with Gasteiger partial charge in [-0.2, -0.15) is 0 Å². The van der Waals surface area contributed by atoms with Crippen molar-refractivity contribution >= 4 is 27.5 Å². The summed E-state index contributed by atoms with van der Waals surface area (Å²) in [6, 6.07) is 8.40. The zero-order valence-electron chi connectivity index (χ0n) is 10.7. The van der Waals surface area contributed by atoms with Crippen LogP contribution in [0.25, 0.3) is 10.2 Å². The van der Waals surface area contributed by atoms with E-state index < -0.39 is 0 Å². The molecule has 19 heavy (non-hydrogen) atoms. The first-order valence-electron chi connectivity index (χ1n) is 6.66. The summed E-state index contributed by atoms with van der Waals surface area (Å²) in [4.78, 5) is 16.3. The molecule has 0 radical (unpaired) electrons. The van der Waals surface area contributed by atoms with Gasteiger partial charge in [-0.1, -0.05) is 12.1 Å². The lowest BCUT2D eigenvalue weighted by atomic mass is 10.1. The molecule has 2 aromatic rings. The number of benzene rings is 1. The molecule has 2 N–H and O–H groups in total. The van der Waals surface area contributed by atoms with E-state index in [1.807, 2.05) is 18.2 Å². The Balaban J connectivity index is 1.54. The molecule has 3 rings (SSSR count). The Labute approximate surface area is 116 Å². The topological polar surface area (TPSA) is 54.0 Å². The van der Waals surface area contributed by atoms with Crippen molar-refractivity contribution in [2.24, 2.45) is 0 Å². The summed E-state index contributed by atoms with van der Waals surface area (Å²) in [6.07, 6.45) is 2.86. The van der Waals surface area contributed by atoms with E-state index in [0.29, 0.717) is 19.0 Å². The molecule has 0 aliphatic carbocycles. The van der Waals surface area contributed by atoms with Crippen molar-refractivity contribution < 1.29 is 4.79 Å². The average molecular weight is 275 g/mol.